The van der Waals surface area contributed by atoms with Crippen LogP contribution in [0.2, 0.25) is 0 Å². The van der Waals surface area contributed by atoms with Crippen molar-refractivity contribution in [1.29, 1.82) is 0 Å². The standard InChI is InChI=1S/C10H16Br2O2/c1-6(11)9(12)8-7(4-14-5-13)10(8,2)3/h5-9H,4H2,1-3H3/t6-,7-,8+,9+/m1/s1. The van der Waals surface area contributed by atoms with Crippen molar-refractivity contribution in [2.45, 2.75) is 30.4 Å². The van der Waals surface area contributed by atoms with E-state index in [-0.39, 0.29) is 5.41 Å². The number of rotatable bonds is 5. The van der Waals surface area contributed by atoms with Crippen molar-refractivity contribution in [2.75, 3.05) is 6.61 Å². The average Bonchev–Trinajstić information content (AvgIpc) is 2.63. The molecule has 0 aromatic carbocycles. The monoisotopic (exact) mass is 326 g/mol. The molecule has 0 bridgehead atoms. The second kappa shape index (κ2) is 4.52. The van der Waals surface area contributed by atoms with Gasteiger partial charge in [-0.1, -0.05) is 52.6 Å². The summed E-state index contributed by atoms with van der Waals surface area (Å²) in [5.41, 5.74) is 0.277. The molecule has 1 aliphatic rings. The van der Waals surface area contributed by atoms with Gasteiger partial charge in [0.15, 0.2) is 0 Å². The number of carbonyl (C=O) groups excluding carboxylic acids is 1. The molecule has 0 unspecified atom stereocenters. The Hall–Kier alpha value is 0.430. The van der Waals surface area contributed by atoms with Crippen LogP contribution in [0, 0.1) is 17.3 Å². The van der Waals surface area contributed by atoms with Crippen LogP contribution in [0.4, 0.5) is 0 Å². The molecule has 0 radical (unpaired) electrons. The number of hydrogen-bond acceptors (Lipinski definition) is 2. The summed E-state index contributed by atoms with van der Waals surface area (Å²) in [7, 11) is 0. The fourth-order valence-electron chi connectivity index (χ4n) is 2.17. The van der Waals surface area contributed by atoms with Crippen molar-refractivity contribution in [3.63, 3.8) is 0 Å². The Morgan fingerprint density at radius 3 is 2.50 bits per heavy atom. The highest BCUT2D eigenvalue weighted by molar-refractivity contribution is 9.12. The molecular weight excluding hydrogens is 312 g/mol. The number of hydrogen-bond donors (Lipinski definition) is 0. The fourth-order valence-corrected chi connectivity index (χ4v) is 3.54. The SMILES string of the molecule is C[C@@H](Br)[C@H](Br)[C@@H]1[C@@H](COC=O)C1(C)C. The summed E-state index contributed by atoms with van der Waals surface area (Å²) < 4.78 is 4.84. The highest BCUT2D eigenvalue weighted by Gasteiger charge is 2.61. The van der Waals surface area contributed by atoms with Crippen LogP contribution in [-0.2, 0) is 9.53 Å². The molecule has 0 aromatic heterocycles. The zero-order valence-corrected chi connectivity index (χ0v) is 11.8. The molecule has 1 fully saturated rings. The van der Waals surface area contributed by atoms with Gasteiger partial charge in [-0.3, -0.25) is 4.79 Å². The molecule has 0 amide bonds. The van der Waals surface area contributed by atoms with Crippen molar-refractivity contribution < 1.29 is 9.53 Å². The van der Waals surface area contributed by atoms with Gasteiger partial charge in [-0.05, 0) is 11.3 Å². The highest BCUT2D eigenvalue weighted by Crippen LogP contribution is 2.62. The molecule has 0 heterocycles. The van der Waals surface area contributed by atoms with Gasteiger partial charge >= 0.3 is 0 Å². The van der Waals surface area contributed by atoms with Crippen LogP contribution in [0.3, 0.4) is 0 Å². The highest BCUT2D eigenvalue weighted by atomic mass is 79.9. The smallest absolute Gasteiger partial charge is 0.293 e. The van der Waals surface area contributed by atoms with E-state index in [1.54, 1.807) is 0 Å². The van der Waals surface area contributed by atoms with E-state index in [1.807, 2.05) is 0 Å². The summed E-state index contributed by atoms with van der Waals surface area (Å²) in [6, 6.07) is 0. The number of carbonyl (C=O) groups is 1. The molecule has 82 valence electrons. The molecule has 1 aliphatic carbocycles. The summed E-state index contributed by atoms with van der Waals surface area (Å²) >= 11 is 7.26. The molecule has 4 atom stereocenters. The Morgan fingerprint density at radius 2 is 2.07 bits per heavy atom. The third kappa shape index (κ3) is 2.32. The maximum Gasteiger partial charge on any atom is 0.293 e. The predicted octanol–water partition coefficient (Wildman–Crippen LogP) is 2.98. The lowest BCUT2D eigenvalue weighted by atomic mass is 10.1. The summed E-state index contributed by atoms with van der Waals surface area (Å²) in [4.78, 5) is 11.0. The minimum atomic E-state index is 0.277. The first-order chi connectivity index (χ1) is 6.42. The summed E-state index contributed by atoms with van der Waals surface area (Å²) in [6.45, 7) is 7.65. The van der Waals surface area contributed by atoms with Crippen molar-refractivity contribution in [2.24, 2.45) is 17.3 Å². The first kappa shape index (κ1) is 12.5. The number of alkyl halides is 2. The van der Waals surface area contributed by atoms with Gasteiger partial charge in [-0.25, -0.2) is 0 Å². The van der Waals surface area contributed by atoms with Crippen LogP contribution in [0.1, 0.15) is 20.8 Å². The van der Waals surface area contributed by atoms with E-state index in [2.05, 4.69) is 52.6 Å². The lowest BCUT2D eigenvalue weighted by Crippen LogP contribution is -2.15. The topological polar surface area (TPSA) is 26.3 Å². The Balaban J connectivity index is 2.52. The Labute approximate surface area is 102 Å². The predicted molar refractivity (Wildman–Crippen MR) is 63.9 cm³/mol. The van der Waals surface area contributed by atoms with Crippen molar-refractivity contribution >= 4 is 38.3 Å². The van der Waals surface area contributed by atoms with E-state index < -0.39 is 0 Å². The quantitative estimate of drug-likeness (QED) is 0.573. The van der Waals surface area contributed by atoms with E-state index in [1.165, 1.54) is 0 Å². The molecule has 0 N–H and O–H groups in total. The first-order valence-corrected chi connectivity index (χ1v) is 6.59. The molecule has 0 aliphatic heterocycles. The van der Waals surface area contributed by atoms with Gasteiger partial charge in [0.2, 0.25) is 0 Å². The third-order valence-electron chi connectivity index (χ3n) is 3.26. The van der Waals surface area contributed by atoms with Crippen LogP contribution in [0.25, 0.3) is 0 Å². The molecule has 0 aromatic rings. The largest absolute Gasteiger partial charge is 0.468 e. The third-order valence-corrected chi connectivity index (χ3v) is 5.91. The lowest BCUT2D eigenvalue weighted by Gasteiger charge is -2.13. The van der Waals surface area contributed by atoms with Gasteiger partial charge in [0.05, 0.1) is 6.61 Å². The Bertz CT molecular complexity index is 216. The van der Waals surface area contributed by atoms with Gasteiger partial charge in [0.25, 0.3) is 6.47 Å². The fraction of sp³-hybridized carbons (Fsp3) is 0.900. The second-order valence-electron chi connectivity index (χ2n) is 4.51. The Morgan fingerprint density at radius 1 is 1.50 bits per heavy atom. The molecule has 0 saturated heterocycles. The van der Waals surface area contributed by atoms with Crippen LogP contribution in [-0.4, -0.2) is 22.7 Å². The summed E-state index contributed by atoms with van der Waals surface area (Å²) in [5, 5.41) is 0. The molecule has 14 heavy (non-hydrogen) atoms. The van der Waals surface area contributed by atoms with Gasteiger partial charge in [-0.2, -0.15) is 0 Å². The van der Waals surface area contributed by atoms with Gasteiger partial charge in [-0.15, -0.1) is 0 Å². The average molecular weight is 328 g/mol. The summed E-state index contributed by atoms with van der Waals surface area (Å²) in [6.07, 6.45) is 0. The van der Waals surface area contributed by atoms with Gasteiger partial charge in [0, 0.05) is 15.6 Å². The minimum absolute atomic E-state index is 0.277. The van der Waals surface area contributed by atoms with E-state index in [4.69, 9.17) is 4.74 Å². The zero-order valence-electron chi connectivity index (χ0n) is 8.67. The molecule has 4 heteroatoms. The maximum atomic E-state index is 10.1. The van der Waals surface area contributed by atoms with Crippen molar-refractivity contribution in [1.82, 2.24) is 0 Å². The van der Waals surface area contributed by atoms with E-state index in [0.717, 1.165) is 0 Å². The molecule has 1 rings (SSSR count). The van der Waals surface area contributed by atoms with E-state index in [0.29, 0.717) is 34.6 Å². The minimum Gasteiger partial charge on any atom is -0.468 e. The molecular formula is C10H16Br2O2. The number of ether oxygens (including phenoxy) is 1. The van der Waals surface area contributed by atoms with E-state index in [9.17, 15) is 4.79 Å². The zero-order chi connectivity index (χ0) is 10.9. The molecule has 0 spiro atoms. The van der Waals surface area contributed by atoms with Crippen molar-refractivity contribution in [3.05, 3.63) is 0 Å². The van der Waals surface area contributed by atoms with Crippen LogP contribution >= 0.6 is 31.9 Å². The normalized spacial score (nSPS) is 33.2. The molecule has 1 saturated carbocycles. The van der Waals surface area contributed by atoms with E-state index >= 15 is 0 Å². The van der Waals surface area contributed by atoms with Crippen molar-refractivity contribution in [3.8, 4) is 0 Å². The summed E-state index contributed by atoms with van der Waals surface area (Å²) in [5.74, 6) is 1.06. The van der Waals surface area contributed by atoms with Crippen LogP contribution < -0.4 is 0 Å². The first-order valence-electron chi connectivity index (χ1n) is 4.76. The van der Waals surface area contributed by atoms with Gasteiger partial charge in [0.1, 0.15) is 0 Å². The Kier molecular flexibility index (Phi) is 4.03. The molecule has 2 nitrogen and oxygen atoms in total. The van der Waals surface area contributed by atoms with Crippen LogP contribution in [0.5, 0.6) is 0 Å². The second-order valence-corrected chi connectivity index (χ2v) is 7.01. The number of halogens is 2. The van der Waals surface area contributed by atoms with Gasteiger partial charge < -0.3 is 4.74 Å². The van der Waals surface area contributed by atoms with Crippen LogP contribution in [0.15, 0.2) is 0 Å². The maximum absolute atomic E-state index is 10.1. The lowest BCUT2D eigenvalue weighted by molar-refractivity contribution is -0.129.